The van der Waals surface area contributed by atoms with E-state index in [-0.39, 0.29) is 0 Å². The predicted octanol–water partition coefficient (Wildman–Crippen LogP) is 3.44. The predicted molar refractivity (Wildman–Crippen MR) is 84.8 cm³/mol. The number of nitrogens with zero attached hydrogens (tertiary/aromatic N) is 1. The first-order valence-corrected chi connectivity index (χ1v) is 7.18. The fourth-order valence-corrected chi connectivity index (χ4v) is 3.03. The Bertz CT molecular complexity index is 580. The number of fused-ring (bicyclic) bond motifs is 1. The van der Waals surface area contributed by atoms with Gasteiger partial charge in [-0.05, 0) is 58.3 Å². The first-order valence-electron chi connectivity index (χ1n) is 6.11. The van der Waals surface area contributed by atoms with Crippen molar-refractivity contribution in [2.75, 3.05) is 17.2 Å². The van der Waals surface area contributed by atoms with Crippen LogP contribution < -0.4 is 10.6 Å². The van der Waals surface area contributed by atoms with E-state index in [1.165, 1.54) is 14.7 Å². The summed E-state index contributed by atoms with van der Waals surface area (Å²) >= 11 is 2.29. The summed E-state index contributed by atoms with van der Waals surface area (Å²) in [5.41, 5.74) is 11.0. The number of halogens is 1. The number of rotatable bonds is 1. The number of benzene rings is 2. The molecule has 18 heavy (non-hydrogen) atoms. The molecule has 0 saturated heterocycles. The maximum Gasteiger partial charge on any atom is 0.0603 e. The van der Waals surface area contributed by atoms with E-state index in [4.69, 9.17) is 5.73 Å². The molecule has 0 radical (unpaired) electrons. The van der Waals surface area contributed by atoms with E-state index in [1.807, 2.05) is 6.07 Å². The molecule has 0 fully saturated rings. The average Bonchev–Trinajstić information content (AvgIpc) is 2.38. The molecule has 0 atom stereocenters. The summed E-state index contributed by atoms with van der Waals surface area (Å²) in [7, 11) is 0. The second kappa shape index (κ2) is 4.80. The van der Waals surface area contributed by atoms with E-state index in [9.17, 15) is 0 Å². The van der Waals surface area contributed by atoms with E-state index in [0.717, 1.165) is 30.9 Å². The molecular formula is C15H15IN2. The Morgan fingerprint density at radius 2 is 1.83 bits per heavy atom. The summed E-state index contributed by atoms with van der Waals surface area (Å²) in [6.45, 7) is 2.00. The molecule has 0 amide bonds. The van der Waals surface area contributed by atoms with Crippen molar-refractivity contribution in [3.8, 4) is 0 Å². The van der Waals surface area contributed by atoms with Gasteiger partial charge < -0.3 is 10.6 Å². The Labute approximate surface area is 121 Å². The van der Waals surface area contributed by atoms with Gasteiger partial charge in [0.25, 0.3) is 0 Å². The van der Waals surface area contributed by atoms with Crippen LogP contribution >= 0.6 is 22.6 Å². The normalized spacial score (nSPS) is 14.4. The lowest BCUT2D eigenvalue weighted by Crippen LogP contribution is -2.30. The van der Waals surface area contributed by atoms with Crippen molar-refractivity contribution < 1.29 is 0 Å². The standard InChI is InChI=1S/C15H15IN2/c16-13-5-6-15(14(17)9-13)18-8-7-11-3-1-2-4-12(11)10-18/h1-6,9H,7-8,10,17H2. The third kappa shape index (κ3) is 2.19. The molecule has 1 aliphatic heterocycles. The van der Waals surface area contributed by atoms with Crippen LogP contribution in [-0.2, 0) is 13.0 Å². The monoisotopic (exact) mass is 350 g/mol. The number of anilines is 2. The minimum absolute atomic E-state index is 0.876. The molecule has 3 heteroatoms. The van der Waals surface area contributed by atoms with Gasteiger partial charge in [-0.15, -0.1) is 0 Å². The molecule has 0 unspecified atom stereocenters. The lowest BCUT2D eigenvalue weighted by Gasteiger charge is -2.31. The quantitative estimate of drug-likeness (QED) is 0.631. The number of hydrogen-bond acceptors (Lipinski definition) is 2. The maximum atomic E-state index is 6.13. The van der Waals surface area contributed by atoms with Crippen molar-refractivity contribution in [3.05, 3.63) is 57.2 Å². The Morgan fingerprint density at radius 1 is 1.06 bits per heavy atom. The fraction of sp³-hybridized carbons (Fsp3) is 0.200. The Morgan fingerprint density at radius 3 is 2.61 bits per heavy atom. The molecule has 0 aromatic heterocycles. The lowest BCUT2D eigenvalue weighted by atomic mass is 9.99. The zero-order chi connectivity index (χ0) is 12.5. The van der Waals surface area contributed by atoms with Crippen molar-refractivity contribution >= 4 is 34.0 Å². The number of nitrogen functional groups attached to an aromatic ring is 1. The summed E-state index contributed by atoms with van der Waals surface area (Å²) in [6.07, 6.45) is 1.10. The first kappa shape index (κ1) is 11.8. The second-order valence-corrected chi connectivity index (χ2v) is 5.89. The lowest BCUT2D eigenvalue weighted by molar-refractivity contribution is 0.732. The molecule has 2 aromatic rings. The Kier molecular flexibility index (Phi) is 3.16. The van der Waals surface area contributed by atoms with Crippen LogP contribution in [0.15, 0.2) is 42.5 Å². The van der Waals surface area contributed by atoms with Gasteiger partial charge in [0, 0.05) is 16.7 Å². The molecule has 1 heterocycles. The number of hydrogen-bond donors (Lipinski definition) is 1. The van der Waals surface area contributed by atoms with Gasteiger partial charge in [-0.3, -0.25) is 0 Å². The molecule has 92 valence electrons. The summed E-state index contributed by atoms with van der Waals surface area (Å²) in [5.74, 6) is 0. The van der Waals surface area contributed by atoms with Crippen LogP contribution in [-0.4, -0.2) is 6.54 Å². The van der Waals surface area contributed by atoms with Gasteiger partial charge in [0.2, 0.25) is 0 Å². The van der Waals surface area contributed by atoms with Crippen molar-refractivity contribution in [2.24, 2.45) is 0 Å². The van der Waals surface area contributed by atoms with E-state index in [1.54, 1.807) is 0 Å². The molecule has 2 N–H and O–H groups in total. The molecule has 2 nitrogen and oxygen atoms in total. The van der Waals surface area contributed by atoms with Crippen LogP contribution in [0.3, 0.4) is 0 Å². The van der Waals surface area contributed by atoms with Gasteiger partial charge in [0.1, 0.15) is 0 Å². The topological polar surface area (TPSA) is 29.3 Å². The fourth-order valence-electron chi connectivity index (χ4n) is 2.51. The van der Waals surface area contributed by atoms with Crippen LogP contribution in [0.1, 0.15) is 11.1 Å². The molecule has 2 aromatic carbocycles. The molecule has 0 bridgehead atoms. The first-order chi connectivity index (χ1) is 8.74. The van der Waals surface area contributed by atoms with Gasteiger partial charge in [0.15, 0.2) is 0 Å². The third-order valence-corrected chi connectivity index (χ3v) is 4.13. The van der Waals surface area contributed by atoms with Crippen LogP contribution in [0.5, 0.6) is 0 Å². The maximum absolute atomic E-state index is 6.13. The van der Waals surface area contributed by atoms with Gasteiger partial charge >= 0.3 is 0 Å². The third-order valence-electron chi connectivity index (χ3n) is 3.46. The molecule has 1 aliphatic rings. The van der Waals surface area contributed by atoms with Gasteiger partial charge in [-0.1, -0.05) is 24.3 Å². The zero-order valence-electron chi connectivity index (χ0n) is 10.1. The molecule has 3 rings (SSSR count). The van der Waals surface area contributed by atoms with Crippen LogP contribution in [0, 0.1) is 3.57 Å². The highest BCUT2D eigenvalue weighted by Crippen LogP contribution is 2.29. The summed E-state index contributed by atoms with van der Waals surface area (Å²) in [4.78, 5) is 2.37. The highest BCUT2D eigenvalue weighted by atomic mass is 127. The van der Waals surface area contributed by atoms with E-state index in [2.05, 4.69) is 63.9 Å². The number of nitrogens with two attached hydrogens (primary N) is 1. The smallest absolute Gasteiger partial charge is 0.0603 e. The van der Waals surface area contributed by atoms with E-state index in [0.29, 0.717) is 0 Å². The molecular weight excluding hydrogens is 335 g/mol. The van der Waals surface area contributed by atoms with Crippen molar-refractivity contribution in [1.82, 2.24) is 0 Å². The van der Waals surface area contributed by atoms with Gasteiger partial charge in [-0.25, -0.2) is 0 Å². The zero-order valence-corrected chi connectivity index (χ0v) is 12.2. The minimum atomic E-state index is 0.876. The summed E-state index contributed by atoms with van der Waals surface area (Å²) in [5, 5.41) is 0. The average molecular weight is 350 g/mol. The largest absolute Gasteiger partial charge is 0.397 e. The van der Waals surface area contributed by atoms with E-state index < -0.39 is 0 Å². The summed E-state index contributed by atoms with van der Waals surface area (Å²) < 4.78 is 1.19. The highest BCUT2D eigenvalue weighted by molar-refractivity contribution is 14.1. The minimum Gasteiger partial charge on any atom is -0.397 e. The Hall–Kier alpha value is -1.23. The molecule has 0 saturated carbocycles. The van der Waals surface area contributed by atoms with Crippen molar-refractivity contribution in [3.63, 3.8) is 0 Å². The van der Waals surface area contributed by atoms with Crippen LogP contribution in [0.4, 0.5) is 11.4 Å². The van der Waals surface area contributed by atoms with E-state index >= 15 is 0 Å². The SMILES string of the molecule is Nc1cc(I)ccc1N1CCc2ccccc2C1. The van der Waals surface area contributed by atoms with Gasteiger partial charge in [-0.2, -0.15) is 0 Å². The van der Waals surface area contributed by atoms with Crippen LogP contribution in [0.25, 0.3) is 0 Å². The molecule has 0 aliphatic carbocycles. The van der Waals surface area contributed by atoms with Crippen molar-refractivity contribution in [2.45, 2.75) is 13.0 Å². The van der Waals surface area contributed by atoms with Gasteiger partial charge in [0.05, 0.1) is 11.4 Å². The highest BCUT2D eigenvalue weighted by Gasteiger charge is 2.17. The van der Waals surface area contributed by atoms with Crippen LogP contribution in [0.2, 0.25) is 0 Å². The van der Waals surface area contributed by atoms with Crippen molar-refractivity contribution in [1.29, 1.82) is 0 Å². The summed E-state index contributed by atoms with van der Waals surface area (Å²) in [6, 6.07) is 15.0. The second-order valence-electron chi connectivity index (χ2n) is 4.64. The molecule has 0 spiro atoms. The Balaban J connectivity index is 1.92.